The van der Waals surface area contributed by atoms with Crippen molar-refractivity contribution in [3.63, 3.8) is 0 Å². The van der Waals surface area contributed by atoms with Crippen LogP contribution in [0.25, 0.3) is 0 Å². The first-order valence-corrected chi connectivity index (χ1v) is 9.53. The van der Waals surface area contributed by atoms with Gasteiger partial charge in [-0.1, -0.05) is 36.4 Å². The van der Waals surface area contributed by atoms with Crippen LogP contribution in [0.3, 0.4) is 0 Å². The van der Waals surface area contributed by atoms with Gasteiger partial charge in [-0.25, -0.2) is 8.42 Å². The monoisotopic (exact) mass is 421 g/mol. The normalized spacial score (nSPS) is 12.9. The molecule has 0 saturated carbocycles. The van der Waals surface area contributed by atoms with E-state index in [1.165, 1.54) is 29.0 Å². The van der Waals surface area contributed by atoms with Gasteiger partial charge >= 0.3 is 50.1 Å². The maximum absolute atomic E-state index is 14.1. The van der Waals surface area contributed by atoms with E-state index in [9.17, 15) is 34.4 Å². The number of hydrogen-bond donors (Lipinski definition) is 1. The third kappa shape index (κ3) is 3.91. The number of hydrogen-bond acceptors (Lipinski definition) is 4. The van der Waals surface area contributed by atoms with Crippen molar-refractivity contribution in [1.29, 1.82) is 0 Å². The van der Waals surface area contributed by atoms with Gasteiger partial charge in [-0.15, -0.1) is 0 Å². The van der Waals surface area contributed by atoms with Crippen molar-refractivity contribution < 1.29 is 34.4 Å². The van der Waals surface area contributed by atoms with Gasteiger partial charge in [0.15, 0.2) is 0 Å². The first kappa shape index (κ1) is 22.9. The summed E-state index contributed by atoms with van der Waals surface area (Å²) in [4.78, 5) is -1.13. The molecule has 0 unspecified atom stereocenters. The summed E-state index contributed by atoms with van der Waals surface area (Å²) in [6.07, 6.45) is 0. The van der Waals surface area contributed by atoms with Gasteiger partial charge in [-0.2, -0.15) is 26.0 Å². The molecule has 2 aromatic rings. The summed E-state index contributed by atoms with van der Waals surface area (Å²) in [5.74, 6) is 0. The molecule has 0 aliphatic heterocycles. The molecule has 2 rings (SSSR count). The average molecular weight is 421 g/mol. The molecule has 0 radical (unpaired) electrons. The van der Waals surface area contributed by atoms with Crippen LogP contribution < -0.4 is 4.72 Å². The predicted octanol–water partition coefficient (Wildman–Crippen LogP) is 2.44. The molecular weight excluding hydrogens is 409 g/mol. The van der Waals surface area contributed by atoms with E-state index in [4.69, 9.17) is 0 Å². The van der Waals surface area contributed by atoms with Gasteiger partial charge in [0.25, 0.3) is 9.84 Å². The van der Waals surface area contributed by atoms with Crippen LogP contribution in [-0.2, 0) is 19.9 Å². The van der Waals surface area contributed by atoms with Crippen molar-refractivity contribution in [3.8, 4) is 0 Å². The fourth-order valence-corrected chi connectivity index (χ4v) is 4.46. The van der Waals surface area contributed by atoms with Crippen LogP contribution in [-0.4, -0.2) is 56.9 Å². The maximum atomic E-state index is 14.1. The van der Waals surface area contributed by atoms with E-state index in [2.05, 4.69) is 0 Å². The molecule has 12 heteroatoms. The van der Waals surface area contributed by atoms with Crippen LogP contribution in [0, 0.1) is 0 Å². The zero-order valence-corrected chi connectivity index (χ0v) is 13.9. The first-order chi connectivity index (χ1) is 11.4. The van der Waals surface area contributed by atoms with Crippen molar-refractivity contribution in [1.82, 2.24) is 0 Å². The summed E-state index contributed by atoms with van der Waals surface area (Å²) < 4.78 is 105. The van der Waals surface area contributed by atoms with Crippen molar-refractivity contribution in [2.24, 2.45) is 0 Å². The number of sulfonamides is 1. The number of anilines is 1. The van der Waals surface area contributed by atoms with E-state index in [1.54, 1.807) is 0 Å². The Balaban J connectivity index is 0.00000338. The second kappa shape index (κ2) is 7.85. The number of nitrogens with one attached hydrogen (secondary N) is 1. The Kier molecular flexibility index (Phi) is 6.91. The van der Waals surface area contributed by atoms with Gasteiger partial charge in [-0.05, 0) is 24.3 Å². The SMILES string of the molecule is O=S(=O)(Nc1ccccc1)C(F)(F)C(F)(F)S(=O)(=O)c1ccccc1.[NaH]. The molecule has 0 amide bonds. The third-order valence-electron chi connectivity index (χ3n) is 3.09. The molecule has 0 atom stereocenters. The van der Waals surface area contributed by atoms with E-state index in [0.29, 0.717) is 12.1 Å². The first-order valence-electron chi connectivity index (χ1n) is 6.56. The molecule has 0 fully saturated rings. The Morgan fingerprint density at radius 1 is 0.692 bits per heavy atom. The summed E-state index contributed by atoms with van der Waals surface area (Å²) in [5.41, 5.74) is -0.421. The van der Waals surface area contributed by atoms with Gasteiger partial charge in [0.05, 0.1) is 4.90 Å². The molecule has 0 aliphatic carbocycles. The molecule has 0 spiro atoms. The zero-order chi connectivity index (χ0) is 18.9. The molecule has 0 aromatic heterocycles. The molecule has 2 aromatic carbocycles. The number of alkyl halides is 4. The Labute approximate surface area is 169 Å². The second-order valence-corrected chi connectivity index (χ2v) is 8.54. The minimum absolute atomic E-state index is 0. The summed E-state index contributed by atoms with van der Waals surface area (Å²) in [6, 6.07) is 10.7. The number of benzene rings is 2. The second-order valence-electron chi connectivity index (χ2n) is 4.82. The van der Waals surface area contributed by atoms with Crippen LogP contribution in [0.1, 0.15) is 0 Å². The molecule has 5 nitrogen and oxygen atoms in total. The third-order valence-corrected chi connectivity index (χ3v) is 6.48. The molecule has 1 N–H and O–H groups in total. The van der Waals surface area contributed by atoms with Crippen molar-refractivity contribution in [2.45, 2.75) is 15.4 Å². The fourth-order valence-electron chi connectivity index (χ4n) is 1.79. The Hall–Kier alpha value is -1.14. The van der Waals surface area contributed by atoms with Crippen LogP contribution in [0.5, 0.6) is 0 Å². The van der Waals surface area contributed by atoms with Crippen LogP contribution in [0.2, 0.25) is 0 Å². The topological polar surface area (TPSA) is 80.3 Å². The number of sulfone groups is 1. The number of rotatable bonds is 6. The van der Waals surface area contributed by atoms with Gasteiger partial charge in [0.2, 0.25) is 0 Å². The molecule has 0 saturated heterocycles. The summed E-state index contributed by atoms with van der Waals surface area (Å²) in [5, 5.41) is -11.8. The van der Waals surface area contributed by atoms with Crippen molar-refractivity contribution in [3.05, 3.63) is 60.7 Å². The predicted molar refractivity (Wildman–Crippen MR) is 89.7 cm³/mol. The Morgan fingerprint density at radius 3 is 1.58 bits per heavy atom. The summed E-state index contributed by atoms with van der Waals surface area (Å²) in [7, 11) is -12.0. The molecule has 0 heterocycles. The zero-order valence-electron chi connectivity index (χ0n) is 12.2. The standard InChI is InChI=1S/C14H11F4NO4S2.Na.H/c15-13(16,24(20,21)12-9-5-2-6-10-12)14(17,18)25(22,23)19-11-7-3-1-4-8-11;;/h1-10,19H;;. The van der Waals surface area contributed by atoms with E-state index in [0.717, 1.165) is 24.3 Å². The Morgan fingerprint density at radius 2 is 1.12 bits per heavy atom. The molecule has 0 bridgehead atoms. The van der Waals surface area contributed by atoms with Crippen LogP contribution in [0.15, 0.2) is 65.6 Å². The molecule has 0 aliphatic rings. The minimum atomic E-state index is -6.07. The quantitative estimate of drug-likeness (QED) is 0.574. The van der Waals surface area contributed by atoms with E-state index < -0.39 is 41.0 Å². The van der Waals surface area contributed by atoms with Gasteiger partial charge in [-0.3, -0.25) is 4.72 Å². The van der Waals surface area contributed by atoms with Crippen molar-refractivity contribution >= 4 is 55.1 Å². The fraction of sp³-hybridized carbons (Fsp3) is 0.143. The van der Waals surface area contributed by atoms with Gasteiger partial charge < -0.3 is 0 Å². The van der Waals surface area contributed by atoms with Crippen LogP contribution in [0.4, 0.5) is 23.2 Å². The number of para-hydroxylation sites is 1. The molecular formula is C14H12F4NNaO4S2. The average Bonchev–Trinajstić information content (AvgIpc) is 2.55. The van der Waals surface area contributed by atoms with Gasteiger partial charge in [0, 0.05) is 5.69 Å². The molecule has 26 heavy (non-hydrogen) atoms. The van der Waals surface area contributed by atoms with Crippen molar-refractivity contribution in [2.75, 3.05) is 4.72 Å². The Bertz CT molecular complexity index is 953. The summed E-state index contributed by atoms with van der Waals surface area (Å²) >= 11 is 0. The molecule has 138 valence electrons. The van der Waals surface area contributed by atoms with Gasteiger partial charge in [0.1, 0.15) is 0 Å². The summed E-state index contributed by atoms with van der Waals surface area (Å²) in [6.45, 7) is 0. The van der Waals surface area contributed by atoms with E-state index in [1.807, 2.05) is 0 Å². The van der Waals surface area contributed by atoms with E-state index >= 15 is 0 Å². The number of halogens is 4. The van der Waals surface area contributed by atoms with Crippen LogP contribution >= 0.6 is 0 Å². The van der Waals surface area contributed by atoms with E-state index in [-0.39, 0.29) is 29.6 Å².